The molecular weight excluding hydrogens is 410 g/mol. The molecule has 0 spiro atoms. The Hall–Kier alpha value is -3.54. The molecule has 1 fully saturated rings. The number of nitrogens with one attached hydrogen (secondary N) is 1. The summed E-state index contributed by atoms with van der Waals surface area (Å²) >= 11 is 0. The minimum Gasteiger partial charge on any atom is -0.342 e. The second kappa shape index (κ2) is 9.94. The number of benzene rings is 1. The van der Waals surface area contributed by atoms with Crippen molar-refractivity contribution in [2.24, 2.45) is 5.92 Å². The highest BCUT2D eigenvalue weighted by molar-refractivity contribution is 5.79. The standard InChI is InChI=1S/C27H29N5O/c33-27(20-9-3-1-4-10-20)32-16-8-12-22(19-32)26-30-24(21-11-7-15-28-18-21)17-25(31-26)29-23-13-5-2-6-14-23/h1-3,5-7,11,13-15,17-18,20,22H,4,8-10,12,16,19H2,(H,29,30,31)/t20-,22-/m0/s1. The molecule has 0 saturated carbocycles. The van der Waals surface area contributed by atoms with Gasteiger partial charge in [0.2, 0.25) is 5.91 Å². The van der Waals surface area contributed by atoms with Crippen molar-refractivity contribution in [3.05, 3.63) is 78.9 Å². The molecule has 0 radical (unpaired) electrons. The number of hydrogen-bond donors (Lipinski definition) is 1. The number of nitrogens with zero attached hydrogens (tertiary/aromatic N) is 4. The highest BCUT2D eigenvalue weighted by Crippen LogP contribution is 2.31. The van der Waals surface area contributed by atoms with Gasteiger partial charge < -0.3 is 10.2 Å². The van der Waals surface area contributed by atoms with Gasteiger partial charge in [0.25, 0.3) is 0 Å². The molecule has 3 aromatic rings. The molecule has 1 amide bonds. The van der Waals surface area contributed by atoms with Crippen molar-refractivity contribution in [3.63, 3.8) is 0 Å². The van der Waals surface area contributed by atoms with Gasteiger partial charge in [-0.2, -0.15) is 0 Å². The van der Waals surface area contributed by atoms with Gasteiger partial charge in [-0.25, -0.2) is 9.97 Å². The summed E-state index contributed by atoms with van der Waals surface area (Å²) in [5, 5.41) is 3.42. The summed E-state index contributed by atoms with van der Waals surface area (Å²) in [4.78, 5) is 29.3. The van der Waals surface area contributed by atoms with Crippen LogP contribution in [-0.4, -0.2) is 38.8 Å². The summed E-state index contributed by atoms with van der Waals surface area (Å²) in [6, 6.07) is 15.9. The zero-order chi connectivity index (χ0) is 22.5. The van der Waals surface area contributed by atoms with Crippen LogP contribution in [0, 0.1) is 5.92 Å². The molecule has 0 bridgehead atoms. The number of pyridine rings is 1. The number of rotatable bonds is 5. The number of carbonyl (C=O) groups is 1. The van der Waals surface area contributed by atoms with Crippen LogP contribution >= 0.6 is 0 Å². The number of allylic oxidation sites excluding steroid dienone is 2. The van der Waals surface area contributed by atoms with Crippen LogP contribution in [0.2, 0.25) is 0 Å². The number of hydrogen-bond acceptors (Lipinski definition) is 5. The average molecular weight is 440 g/mol. The number of aromatic nitrogens is 3. The maximum Gasteiger partial charge on any atom is 0.226 e. The summed E-state index contributed by atoms with van der Waals surface area (Å²) in [5.41, 5.74) is 2.77. The highest BCUT2D eigenvalue weighted by Gasteiger charge is 2.31. The van der Waals surface area contributed by atoms with Crippen LogP contribution in [0.4, 0.5) is 11.5 Å². The fourth-order valence-corrected chi connectivity index (χ4v) is 4.71. The molecule has 168 valence electrons. The molecule has 6 heteroatoms. The van der Waals surface area contributed by atoms with Gasteiger partial charge in [0.1, 0.15) is 11.6 Å². The first-order chi connectivity index (χ1) is 16.3. The summed E-state index contributed by atoms with van der Waals surface area (Å²) in [5.74, 6) is 2.07. The van der Waals surface area contributed by atoms with Gasteiger partial charge >= 0.3 is 0 Å². The van der Waals surface area contributed by atoms with Crippen molar-refractivity contribution >= 4 is 17.4 Å². The summed E-state index contributed by atoms with van der Waals surface area (Å²) in [6.07, 6.45) is 12.7. The first-order valence-electron chi connectivity index (χ1n) is 11.8. The lowest BCUT2D eigenvalue weighted by atomic mass is 9.90. The molecular formula is C27H29N5O. The highest BCUT2D eigenvalue weighted by atomic mass is 16.2. The second-order valence-corrected chi connectivity index (χ2v) is 8.83. The third kappa shape index (κ3) is 5.11. The lowest BCUT2D eigenvalue weighted by molar-refractivity contribution is -0.137. The van der Waals surface area contributed by atoms with E-state index in [4.69, 9.17) is 9.97 Å². The van der Waals surface area contributed by atoms with Crippen molar-refractivity contribution in [3.8, 4) is 11.3 Å². The zero-order valence-corrected chi connectivity index (χ0v) is 18.7. The quantitative estimate of drug-likeness (QED) is 0.543. The van der Waals surface area contributed by atoms with Crippen molar-refractivity contribution in [1.82, 2.24) is 19.9 Å². The Morgan fingerprint density at radius 1 is 1.03 bits per heavy atom. The Kier molecular flexibility index (Phi) is 6.42. The van der Waals surface area contributed by atoms with E-state index in [1.165, 1.54) is 0 Å². The van der Waals surface area contributed by atoms with Crippen molar-refractivity contribution in [2.75, 3.05) is 18.4 Å². The summed E-state index contributed by atoms with van der Waals surface area (Å²) in [7, 11) is 0. The molecule has 3 heterocycles. The molecule has 6 nitrogen and oxygen atoms in total. The maximum atomic E-state index is 13.2. The van der Waals surface area contributed by atoms with E-state index in [9.17, 15) is 4.79 Å². The molecule has 2 atom stereocenters. The molecule has 1 aromatic carbocycles. The zero-order valence-electron chi connectivity index (χ0n) is 18.7. The number of carbonyl (C=O) groups excluding carboxylic acids is 1. The van der Waals surface area contributed by atoms with Gasteiger partial charge in [0.05, 0.1) is 5.69 Å². The average Bonchev–Trinajstić information content (AvgIpc) is 2.90. The van der Waals surface area contributed by atoms with E-state index in [1.807, 2.05) is 59.6 Å². The molecule has 1 saturated heterocycles. The van der Waals surface area contributed by atoms with Crippen molar-refractivity contribution in [1.29, 1.82) is 0 Å². The van der Waals surface area contributed by atoms with Gasteiger partial charge in [-0.3, -0.25) is 9.78 Å². The minimum absolute atomic E-state index is 0.117. The minimum atomic E-state index is 0.117. The van der Waals surface area contributed by atoms with Crippen LogP contribution in [0.5, 0.6) is 0 Å². The van der Waals surface area contributed by atoms with Crippen LogP contribution in [0.3, 0.4) is 0 Å². The Morgan fingerprint density at radius 2 is 1.94 bits per heavy atom. The molecule has 0 unspecified atom stereocenters. The largest absolute Gasteiger partial charge is 0.342 e. The molecule has 2 aliphatic rings. The third-order valence-corrected chi connectivity index (χ3v) is 6.46. The smallest absolute Gasteiger partial charge is 0.226 e. The number of piperidine rings is 1. The molecule has 5 rings (SSSR count). The summed E-state index contributed by atoms with van der Waals surface area (Å²) in [6.45, 7) is 1.51. The van der Waals surface area contributed by atoms with E-state index in [2.05, 4.69) is 22.5 Å². The molecule has 1 N–H and O–H groups in total. The van der Waals surface area contributed by atoms with E-state index in [1.54, 1.807) is 6.20 Å². The van der Waals surface area contributed by atoms with Crippen molar-refractivity contribution in [2.45, 2.75) is 38.0 Å². The number of likely N-dealkylation sites (tertiary alicyclic amines) is 1. The monoisotopic (exact) mass is 439 g/mol. The maximum absolute atomic E-state index is 13.2. The van der Waals surface area contributed by atoms with E-state index < -0.39 is 0 Å². The first kappa shape index (κ1) is 21.3. The molecule has 2 aromatic heterocycles. The first-order valence-corrected chi connectivity index (χ1v) is 11.8. The van der Waals surface area contributed by atoms with Crippen LogP contribution < -0.4 is 5.32 Å². The Balaban J connectivity index is 1.42. The Labute approximate surface area is 194 Å². The Morgan fingerprint density at radius 3 is 2.73 bits per heavy atom. The lowest BCUT2D eigenvalue weighted by Gasteiger charge is -2.35. The predicted octanol–water partition coefficient (Wildman–Crippen LogP) is 5.34. The lowest BCUT2D eigenvalue weighted by Crippen LogP contribution is -2.42. The summed E-state index contributed by atoms with van der Waals surface area (Å²) < 4.78 is 0. The van der Waals surface area contributed by atoms with E-state index in [0.29, 0.717) is 6.54 Å². The SMILES string of the molecule is O=C([C@H]1CC=CCC1)N1CCC[C@H](c2nc(Nc3ccccc3)cc(-c3cccnc3)n2)C1. The number of para-hydroxylation sites is 1. The van der Waals surface area contributed by atoms with Gasteiger partial charge in [-0.05, 0) is 56.4 Å². The van der Waals surface area contributed by atoms with E-state index >= 15 is 0 Å². The van der Waals surface area contributed by atoms with Crippen LogP contribution in [0.15, 0.2) is 73.1 Å². The van der Waals surface area contributed by atoms with Crippen LogP contribution in [-0.2, 0) is 4.79 Å². The van der Waals surface area contributed by atoms with Gasteiger partial charge in [-0.15, -0.1) is 0 Å². The Bertz CT molecular complexity index is 1120. The van der Waals surface area contributed by atoms with E-state index in [0.717, 1.165) is 67.2 Å². The fourth-order valence-electron chi connectivity index (χ4n) is 4.71. The van der Waals surface area contributed by atoms with Crippen molar-refractivity contribution < 1.29 is 4.79 Å². The van der Waals surface area contributed by atoms with Crippen LogP contribution in [0.25, 0.3) is 11.3 Å². The predicted molar refractivity (Wildman–Crippen MR) is 130 cm³/mol. The van der Waals surface area contributed by atoms with Crippen LogP contribution in [0.1, 0.15) is 43.8 Å². The molecule has 1 aliphatic heterocycles. The normalized spacial score (nSPS) is 20.4. The number of anilines is 2. The molecule has 1 aliphatic carbocycles. The third-order valence-electron chi connectivity index (χ3n) is 6.46. The van der Waals surface area contributed by atoms with Gasteiger partial charge in [0, 0.05) is 54.6 Å². The molecule has 33 heavy (non-hydrogen) atoms. The fraction of sp³-hybridized carbons (Fsp3) is 0.333. The number of amides is 1. The second-order valence-electron chi connectivity index (χ2n) is 8.83. The van der Waals surface area contributed by atoms with E-state index in [-0.39, 0.29) is 17.7 Å². The van der Waals surface area contributed by atoms with Gasteiger partial charge in [0.15, 0.2) is 0 Å². The topological polar surface area (TPSA) is 71.0 Å². The van der Waals surface area contributed by atoms with Gasteiger partial charge in [-0.1, -0.05) is 30.4 Å².